The number of phenols is 1. The average Bonchev–Trinajstić information content (AvgIpc) is 1.88. The Balaban J connectivity index is 3.19. The molecule has 0 aliphatic heterocycles. The van der Waals surface area contributed by atoms with Crippen LogP contribution in [0.3, 0.4) is 0 Å². The molecule has 0 fully saturated rings. The zero-order valence-corrected chi connectivity index (χ0v) is 4.66. The summed E-state index contributed by atoms with van der Waals surface area (Å²) in [6.45, 7) is 0. The first-order chi connectivity index (χ1) is 4.74. The molecule has 0 amide bonds. The third-order valence-corrected chi connectivity index (χ3v) is 0.947. The second-order valence-electron chi connectivity index (χ2n) is 1.62. The van der Waals surface area contributed by atoms with Crippen molar-refractivity contribution in [3.8, 4) is 5.75 Å². The first-order valence-electron chi connectivity index (χ1n) is 2.99. The lowest BCUT2D eigenvalue weighted by atomic mass is 10.2. The molecule has 0 saturated carbocycles. The fraction of sp³-hybridized carbons (Fsp3) is 0. The van der Waals surface area contributed by atoms with Crippen LogP contribution in [-0.4, -0.2) is 11.4 Å². The lowest BCUT2D eigenvalue weighted by molar-refractivity contribution is 0.112. The minimum atomic E-state index is 0.00981. The normalized spacial score (nSPS) is 10.4. The third-order valence-electron chi connectivity index (χ3n) is 0.947. The van der Waals surface area contributed by atoms with Crippen molar-refractivity contribution in [1.29, 1.82) is 0 Å². The van der Waals surface area contributed by atoms with Crippen molar-refractivity contribution in [2.45, 2.75) is 0 Å². The minimum Gasteiger partial charge on any atom is -0.508 e. The summed E-state index contributed by atoms with van der Waals surface area (Å²) in [5.41, 5.74) is 0.290. The topological polar surface area (TPSA) is 37.3 Å². The fourth-order valence-corrected chi connectivity index (χ4v) is 0.502. The first-order valence-corrected chi connectivity index (χ1v) is 2.49. The van der Waals surface area contributed by atoms with Crippen molar-refractivity contribution in [3.63, 3.8) is 0 Å². The Morgan fingerprint density at radius 1 is 1.56 bits per heavy atom. The van der Waals surface area contributed by atoms with Gasteiger partial charge in [0.05, 0.1) is 1.37 Å². The molecule has 9 heavy (non-hydrogen) atoms. The molecule has 0 spiro atoms. The Hall–Kier alpha value is -1.31. The minimum absolute atomic E-state index is 0.00981. The summed E-state index contributed by atoms with van der Waals surface area (Å²) < 4.78 is 7.12. The van der Waals surface area contributed by atoms with Crippen molar-refractivity contribution >= 4 is 6.29 Å². The molecule has 1 aromatic carbocycles. The van der Waals surface area contributed by atoms with Crippen molar-refractivity contribution in [1.82, 2.24) is 0 Å². The third kappa shape index (κ3) is 1.29. The molecule has 0 atom stereocenters. The van der Waals surface area contributed by atoms with Crippen LogP contribution < -0.4 is 0 Å². The van der Waals surface area contributed by atoms with E-state index in [0.717, 1.165) is 0 Å². The van der Waals surface area contributed by atoms with Gasteiger partial charge in [-0.2, -0.15) is 0 Å². The van der Waals surface area contributed by atoms with Crippen LogP contribution in [0.2, 0.25) is 0 Å². The van der Waals surface area contributed by atoms with E-state index in [-0.39, 0.29) is 17.4 Å². The van der Waals surface area contributed by atoms with Gasteiger partial charge in [0, 0.05) is 5.56 Å². The number of rotatable bonds is 1. The van der Waals surface area contributed by atoms with Crippen LogP contribution in [0.1, 0.15) is 11.7 Å². The Morgan fingerprint density at radius 3 is 2.89 bits per heavy atom. The monoisotopic (exact) mass is 123 g/mol. The molecule has 0 radical (unpaired) electrons. The molecule has 0 aliphatic rings. The highest BCUT2D eigenvalue weighted by molar-refractivity contribution is 5.74. The van der Waals surface area contributed by atoms with Gasteiger partial charge in [0.15, 0.2) is 0 Å². The molecule has 1 aromatic rings. The Kier molecular flexibility index (Phi) is 1.17. The Bertz CT molecular complexity index is 258. The number of hydrogen-bond donors (Lipinski definition) is 1. The van der Waals surface area contributed by atoms with Crippen LogP contribution in [-0.2, 0) is 0 Å². The largest absolute Gasteiger partial charge is 0.508 e. The van der Waals surface area contributed by atoms with Gasteiger partial charge in [-0.3, -0.25) is 4.79 Å². The van der Waals surface area contributed by atoms with E-state index in [9.17, 15) is 4.79 Å². The van der Waals surface area contributed by atoms with Crippen LogP contribution in [0.25, 0.3) is 0 Å². The lowest BCUT2D eigenvalue weighted by Crippen LogP contribution is -1.74. The molecule has 2 heteroatoms. The molecule has 0 heterocycles. The number of benzene rings is 1. The molecular weight excluding hydrogens is 116 g/mol. The quantitative estimate of drug-likeness (QED) is 0.570. The Labute approximate surface area is 54.2 Å². The number of hydrogen-bond acceptors (Lipinski definition) is 2. The molecule has 1 N–H and O–H groups in total. The highest BCUT2D eigenvalue weighted by Gasteiger charge is 1.86. The van der Waals surface area contributed by atoms with Gasteiger partial charge in [0.2, 0.25) is 0 Å². The summed E-state index contributed by atoms with van der Waals surface area (Å²) in [6.07, 6.45) is 0.585. The maximum atomic E-state index is 10.1. The predicted molar refractivity (Wildman–Crippen MR) is 33.5 cm³/mol. The molecule has 1 rings (SSSR count). The van der Waals surface area contributed by atoms with Crippen LogP contribution in [0.15, 0.2) is 24.2 Å². The lowest BCUT2D eigenvalue weighted by Gasteiger charge is -1.88. The SMILES string of the molecule is [2H]c1cc(O)ccc1C=O. The van der Waals surface area contributed by atoms with Gasteiger partial charge >= 0.3 is 0 Å². The zero-order valence-electron chi connectivity index (χ0n) is 5.66. The van der Waals surface area contributed by atoms with E-state index >= 15 is 0 Å². The molecular formula is C7H6O2. The Morgan fingerprint density at radius 2 is 2.33 bits per heavy atom. The van der Waals surface area contributed by atoms with Crippen molar-refractivity contribution in [3.05, 3.63) is 29.8 Å². The van der Waals surface area contributed by atoms with Gasteiger partial charge < -0.3 is 5.11 Å². The highest BCUT2D eigenvalue weighted by Crippen LogP contribution is 2.07. The standard InChI is InChI=1S/C7H6O2/c8-5-6-1-3-7(9)4-2-6/h1-5,9H/i1D. The molecule has 0 aromatic heterocycles. The van der Waals surface area contributed by atoms with Crippen LogP contribution in [0.5, 0.6) is 5.75 Å². The maximum Gasteiger partial charge on any atom is 0.150 e. The van der Waals surface area contributed by atoms with Crippen molar-refractivity contribution < 1.29 is 11.3 Å². The van der Waals surface area contributed by atoms with Gasteiger partial charge in [0.1, 0.15) is 12.0 Å². The van der Waals surface area contributed by atoms with Gasteiger partial charge in [-0.05, 0) is 24.2 Å². The van der Waals surface area contributed by atoms with Gasteiger partial charge in [-0.15, -0.1) is 0 Å². The molecule has 0 saturated heterocycles. The second-order valence-corrected chi connectivity index (χ2v) is 1.62. The second kappa shape index (κ2) is 2.31. The van der Waals surface area contributed by atoms with Gasteiger partial charge in [-0.1, -0.05) is 0 Å². The maximum absolute atomic E-state index is 10.1. The summed E-state index contributed by atoms with van der Waals surface area (Å²) in [7, 11) is 0. The van der Waals surface area contributed by atoms with E-state index in [1.165, 1.54) is 18.2 Å². The van der Waals surface area contributed by atoms with E-state index in [4.69, 9.17) is 6.48 Å². The summed E-state index contributed by atoms with van der Waals surface area (Å²) in [4.78, 5) is 10.1. The number of aromatic hydroxyl groups is 1. The smallest absolute Gasteiger partial charge is 0.150 e. The van der Waals surface area contributed by atoms with Crippen LogP contribution >= 0.6 is 0 Å². The fourth-order valence-electron chi connectivity index (χ4n) is 0.502. The van der Waals surface area contributed by atoms with Gasteiger partial charge in [0.25, 0.3) is 0 Å². The number of carbonyl (C=O) groups excluding carboxylic acids is 1. The van der Waals surface area contributed by atoms with Gasteiger partial charge in [-0.25, -0.2) is 0 Å². The molecule has 2 nitrogen and oxygen atoms in total. The summed E-state index contributed by atoms with van der Waals surface area (Å²) in [5, 5.41) is 8.80. The average molecular weight is 123 g/mol. The molecule has 0 unspecified atom stereocenters. The zero-order chi connectivity index (χ0) is 7.56. The van der Waals surface area contributed by atoms with E-state index in [1.54, 1.807) is 0 Å². The summed E-state index contributed by atoms with van der Waals surface area (Å²) in [5.74, 6) is 0.00981. The molecule has 46 valence electrons. The molecule has 0 bridgehead atoms. The van der Waals surface area contributed by atoms with Crippen LogP contribution in [0.4, 0.5) is 0 Å². The predicted octanol–water partition coefficient (Wildman–Crippen LogP) is 1.20. The van der Waals surface area contributed by atoms with Crippen LogP contribution in [0, 0.1) is 0 Å². The van der Waals surface area contributed by atoms with E-state index in [0.29, 0.717) is 6.29 Å². The summed E-state index contributed by atoms with van der Waals surface area (Å²) in [6, 6.07) is 4.06. The van der Waals surface area contributed by atoms with Crippen molar-refractivity contribution in [2.75, 3.05) is 0 Å². The number of aldehydes is 1. The first kappa shape index (κ1) is 4.56. The number of phenolic OH excluding ortho intramolecular Hbond substituents is 1. The highest BCUT2D eigenvalue weighted by atomic mass is 16.3. The van der Waals surface area contributed by atoms with E-state index in [1.807, 2.05) is 0 Å². The summed E-state index contributed by atoms with van der Waals surface area (Å²) >= 11 is 0. The molecule has 0 aliphatic carbocycles. The number of carbonyl (C=O) groups is 1. The van der Waals surface area contributed by atoms with E-state index in [2.05, 4.69) is 0 Å². The van der Waals surface area contributed by atoms with E-state index < -0.39 is 0 Å². The van der Waals surface area contributed by atoms with Crippen molar-refractivity contribution in [2.24, 2.45) is 0 Å².